The number of benzene rings is 2. The minimum Gasteiger partial charge on any atom is -0.478 e. The molecule has 0 spiro atoms. The van der Waals surface area contributed by atoms with Gasteiger partial charge in [0.2, 0.25) is 0 Å². The van der Waals surface area contributed by atoms with E-state index in [1.54, 1.807) is 12.1 Å². The average molecular weight is 374 g/mol. The highest BCUT2D eigenvalue weighted by Gasteiger charge is 2.36. The smallest absolute Gasteiger partial charge is 0.339 e. The van der Waals surface area contributed by atoms with Gasteiger partial charge in [0.05, 0.1) is 11.3 Å². The molecule has 0 saturated carbocycles. The number of aromatic amines is 1. The predicted octanol–water partition coefficient (Wildman–Crippen LogP) is 4.34. The number of hydrogen-bond acceptors (Lipinski definition) is 2. The Kier molecular flexibility index (Phi) is 4.11. The van der Waals surface area contributed by atoms with Crippen molar-refractivity contribution in [2.24, 2.45) is 0 Å². The van der Waals surface area contributed by atoms with E-state index in [-0.39, 0.29) is 11.5 Å². The number of hydrogen-bond donors (Lipinski definition) is 2. The Hall–Kier alpha value is -3.34. The van der Waals surface area contributed by atoms with E-state index in [1.165, 1.54) is 11.1 Å². The van der Waals surface area contributed by atoms with Crippen LogP contribution in [0.15, 0.2) is 54.7 Å². The summed E-state index contributed by atoms with van der Waals surface area (Å²) in [6, 6.07) is 15.1. The predicted molar refractivity (Wildman–Crippen MR) is 109 cm³/mol. The van der Waals surface area contributed by atoms with Gasteiger partial charge in [-0.15, -0.1) is 0 Å². The Morgan fingerprint density at radius 1 is 1.07 bits per heavy atom. The minimum absolute atomic E-state index is 0.0947. The summed E-state index contributed by atoms with van der Waals surface area (Å²) in [5.41, 5.74) is 3.65. The fourth-order valence-corrected chi connectivity index (χ4v) is 3.97. The average Bonchev–Trinajstić information content (AvgIpc) is 2.99. The molecule has 0 radical (unpaired) electrons. The topological polar surface area (TPSA) is 73.4 Å². The van der Waals surface area contributed by atoms with Crippen LogP contribution < -0.4 is 0 Å². The van der Waals surface area contributed by atoms with Gasteiger partial charge in [-0.25, -0.2) is 4.79 Å². The van der Waals surface area contributed by atoms with Gasteiger partial charge in [-0.05, 0) is 30.7 Å². The lowest BCUT2D eigenvalue weighted by Gasteiger charge is -2.29. The van der Waals surface area contributed by atoms with Crippen LogP contribution in [0.1, 0.15) is 41.0 Å². The first-order valence-electron chi connectivity index (χ1n) is 9.22. The molecule has 1 aliphatic heterocycles. The lowest BCUT2D eigenvalue weighted by molar-refractivity contribution is -0.130. The van der Waals surface area contributed by atoms with E-state index in [4.69, 9.17) is 0 Å². The van der Waals surface area contributed by atoms with Crippen LogP contribution in [0.2, 0.25) is 0 Å². The molecule has 4 rings (SSSR count). The Morgan fingerprint density at radius 2 is 1.75 bits per heavy atom. The van der Waals surface area contributed by atoms with Gasteiger partial charge >= 0.3 is 5.97 Å². The zero-order valence-electron chi connectivity index (χ0n) is 16.1. The maximum atomic E-state index is 13.1. The summed E-state index contributed by atoms with van der Waals surface area (Å²) < 4.78 is 0. The van der Waals surface area contributed by atoms with Gasteiger partial charge in [-0.1, -0.05) is 49.7 Å². The van der Waals surface area contributed by atoms with Gasteiger partial charge in [0.15, 0.2) is 0 Å². The van der Waals surface area contributed by atoms with Crippen molar-refractivity contribution in [1.82, 2.24) is 9.88 Å². The highest BCUT2D eigenvalue weighted by Crippen LogP contribution is 2.40. The Balaban J connectivity index is 1.89. The van der Waals surface area contributed by atoms with E-state index < -0.39 is 11.4 Å². The number of rotatable bonds is 2. The molecule has 0 unspecified atom stereocenters. The van der Waals surface area contributed by atoms with Crippen LogP contribution >= 0.6 is 0 Å². The van der Waals surface area contributed by atoms with Crippen molar-refractivity contribution in [3.63, 3.8) is 0 Å². The number of carboxylic acid groups (broad SMARTS) is 1. The highest BCUT2D eigenvalue weighted by atomic mass is 16.4. The summed E-state index contributed by atoms with van der Waals surface area (Å²) in [4.78, 5) is 30.0. The van der Waals surface area contributed by atoms with Crippen molar-refractivity contribution < 1.29 is 14.7 Å². The number of carbonyl (C=O) groups excluding carboxylic acids is 1. The summed E-state index contributed by atoms with van der Waals surface area (Å²) >= 11 is 0. The SMILES string of the molecule is Cc1ccc(C(=O)N2C=C(C(=O)O)c3[nH]c4ccccc4c3C(C)(C)C2)cc1. The molecule has 2 heterocycles. The van der Waals surface area contributed by atoms with Crippen molar-refractivity contribution in [2.45, 2.75) is 26.2 Å². The number of aliphatic carboxylic acids is 1. The maximum Gasteiger partial charge on any atom is 0.339 e. The van der Waals surface area contributed by atoms with Crippen molar-refractivity contribution in [3.8, 4) is 0 Å². The molecule has 0 saturated heterocycles. The second-order valence-electron chi connectivity index (χ2n) is 7.95. The molecule has 142 valence electrons. The van der Waals surface area contributed by atoms with Gasteiger partial charge < -0.3 is 15.0 Å². The molecule has 5 nitrogen and oxygen atoms in total. The van der Waals surface area contributed by atoms with Crippen molar-refractivity contribution in [1.29, 1.82) is 0 Å². The summed E-state index contributed by atoms with van der Waals surface area (Å²) in [5, 5.41) is 10.9. The van der Waals surface area contributed by atoms with E-state index in [1.807, 2.05) is 57.2 Å². The van der Waals surface area contributed by atoms with Crippen LogP contribution in [0.3, 0.4) is 0 Å². The fourth-order valence-electron chi connectivity index (χ4n) is 3.97. The van der Waals surface area contributed by atoms with Gasteiger partial charge in [0, 0.05) is 34.6 Å². The lowest BCUT2D eigenvalue weighted by Crippen LogP contribution is -2.36. The third-order valence-corrected chi connectivity index (χ3v) is 5.29. The van der Waals surface area contributed by atoms with E-state index in [0.717, 1.165) is 22.0 Å². The first-order chi connectivity index (χ1) is 13.3. The molecule has 1 aliphatic rings. The summed E-state index contributed by atoms with van der Waals surface area (Å²) in [5.74, 6) is -1.27. The number of nitrogens with zero attached hydrogens (tertiary/aromatic N) is 1. The van der Waals surface area contributed by atoms with Crippen molar-refractivity contribution in [2.75, 3.05) is 6.54 Å². The quantitative estimate of drug-likeness (QED) is 0.701. The molecule has 0 bridgehead atoms. The number of para-hydroxylation sites is 1. The second kappa shape index (κ2) is 6.37. The van der Waals surface area contributed by atoms with Crippen LogP contribution in [-0.2, 0) is 10.2 Å². The number of fused-ring (bicyclic) bond motifs is 3. The van der Waals surface area contributed by atoms with E-state index in [9.17, 15) is 14.7 Å². The van der Waals surface area contributed by atoms with Gasteiger partial charge in [-0.2, -0.15) is 0 Å². The molecular formula is C23H22N2O3. The van der Waals surface area contributed by atoms with Crippen LogP contribution in [0.5, 0.6) is 0 Å². The molecule has 1 amide bonds. The lowest BCUT2D eigenvalue weighted by atomic mass is 9.81. The zero-order valence-corrected chi connectivity index (χ0v) is 16.1. The molecule has 2 aromatic carbocycles. The fraction of sp³-hybridized carbons (Fsp3) is 0.217. The Bertz CT molecular complexity index is 1120. The Labute approximate surface area is 163 Å². The third kappa shape index (κ3) is 2.89. The summed E-state index contributed by atoms with van der Waals surface area (Å²) in [6.45, 7) is 6.43. The number of H-pyrrole nitrogens is 1. The normalized spacial score (nSPS) is 15.7. The molecule has 1 aromatic heterocycles. The molecule has 2 N–H and O–H groups in total. The standard InChI is InChI=1S/C23H22N2O3/c1-14-8-10-15(11-9-14)21(26)25-12-17(22(27)28)20-19(23(2,3)13-25)16-6-4-5-7-18(16)24-20/h4-12,24H,13H2,1-3H3,(H,27,28). The molecule has 5 heteroatoms. The molecule has 28 heavy (non-hydrogen) atoms. The Morgan fingerprint density at radius 3 is 2.43 bits per heavy atom. The summed E-state index contributed by atoms with van der Waals surface area (Å²) in [6.07, 6.45) is 1.47. The number of aryl methyl sites for hydroxylation is 1. The minimum atomic E-state index is -1.06. The van der Waals surface area contributed by atoms with E-state index in [0.29, 0.717) is 17.8 Å². The highest BCUT2D eigenvalue weighted by molar-refractivity contribution is 6.17. The van der Waals surface area contributed by atoms with E-state index >= 15 is 0 Å². The van der Waals surface area contributed by atoms with Crippen LogP contribution in [0, 0.1) is 6.92 Å². The molecule has 0 atom stereocenters. The van der Waals surface area contributed by atoms with Gasteiger partial charge in [-0.3, -0.25) is 4.79 Å². The number of carboxylic acids is 1. The first kappa shape index (κ1) is 18.0. The van der Waals surface area contributed by atoms with Crippen molar-refractivity contribution >= 4 is 28.4 Å². The first-order valence-corrected chi connectivity index (χ1v) is 9.22. The monoisotopic (exact) mass is 374 g/mol. The summed E-state index contributed by atoms with van der Waals surface area (Å²) in [7, 11) is 0. The maximum absolute atomic E-state index is 13.1. The zero-order chi connectivity index (χ0) is 20.1. The van der Waals surface area contributed by atoms with Crippen molar-refractivity contribution in [3.05, 3.63) is 77.1 Å². The van der Waals surface area contributed by atoms with Gasteiger partial charge in [0.25, 0.3) is 5.91 Å². The van der Waals surface area contributed by atoms with Crippen LogP contribution in [0.25, 0.3) is 16.5 Å². The molecule has 3 aromatic rings. The van der Waals surface area contributed by atoms with E-state index in [2.05, 4.69) is 4.98 Å². The van der Waals surface area contributed by atoms with Crippen LogP contribution in [0.4, 0.5) is 0 Å². The largest absolute Gasteiger partial charge is 0.478 e. The number of carbonyl (C=O) groups is 2. The number of nitrogens with one attached hydrogen (secondary N) is 1. The molecular weight excluding hydrogens is 352 g/mol. The second-order valence-corrected chi connectivity index (χ2v) is 7.95. The number of aromatic nitrogens is 1. The van der Waals surface area contributed by atoms with Crippen LogP contribution in [-0.4, -0.2) is 33.4 Å². The molecule has 0 aliphatic carbocycles. The number of amides is 1. The third-order valence-electron chi connectivity index (χ3n) is 5.29. The van der Waals surface area contributed by atoms with Gasteiger partial charge in [0.1, 0.15) is 0 Å². The molecule has 0 fully saturated rings.